The number of benzene rings is 1. The molecule has 130 valence electrons. The Labute approximate surface area is 155 Å². The molecule has 1 saturated heterocycles. The number of halogens is 2. The number of amides is 1. The molecule has 1 fully saturated rings. The number of thiophene rings is 1. The third kappa shape index (κ3) is 5.38. The molecule has 1 aliphatic rings. The van der Waals surface area contributed by atoms with Crippen molar-refractivity contribution < 1.29 is 13.6 Å². The van der Waals surface area contributed by atoms with E-state index in [0.717, 1.165) is 10.4 Å². The Morgan fingerprint density at radius 3 is 2.76 bits per heavy atom. The van der Waals surface area contributed by atoms with E-state index in [0.29, 0.717) is 28.2 Å². The summed E-state index contributed by atoms with van der Waals surface area (Å²) in [5.74, 6) is -2.56. The van der Waals surface area contributed by atoms with E-state index in [4.69, 9.17) is 0 Å². The highest BCUT2D eigenvalue weighted by molar-refractivity contribution is 8.15. The first-order chi connectivity index (χ1) is 12.1. The Morgan fingerprint density at radius 1 is 1.28 bits per heavy atom. The van der Waals surface area contributed by atoms with Crippen molar-refractivity contribution in [2.24, 2.45) is 10.2 Å². The number of hydrogen-bond acceptors (Lipinski definition) is 6. The van der Waals surface area contributed by atoms with Gasteiger partial charge in [-0.05, 0) is 35.6 Å². The Kier molecular flexibility index (Phi) is 6.22. The molecule has 25 heavy (non-hydrogen) atoms. The molecular weight excluding hydrogens is 384 g/mol. The van der Waals surface area contributed by atoms with E-state index in [9.17, 15) is 13.6 Å². The van der Waals surface area contributed by atoms with Gasteiger partial charge in [0.25, 0.3) is 5.76 Å². The van der Waals surface area contributed by atoms with Crippen molar-refractivity contribution in [2.75, 3.05) is 0 Å². The van der Waals surface area contributed by atoms with Gasteiger partial charge >= 0.3 is 0 Å². The third-order valence-electron chi connectivity index (χ3n) is 3.22. The first-order valence-electron chi connectivity index (χ1n) is 7.26. The summed E-state index contributed by atoms with van der Waals surface area (Å²) in [7, 11) is 0. The molecule has 1 aromatic carbocycles. The summed E-state index contributed by atoms with van der Waals surface area (Å²) >= 11 is 3.38. The highest BCUT2D eigenvalue weighted by Crippen LogP contribution is 2.27. The van der Waals surface area contributed by atoms with Crippen LogP contribution in [0.25, 0.3) is 0 Å². The topological polar surface area (TPSA) is 53.8 Å². The van der Waals surface area contributed by atoms with Crippen LogP contribution in [-0.2, 0) is 11.2 Å². The van der Waals surface area contributed by atoms with E-state index in [1.165, 1.54) is 11.8 Å². The molecule has 4 nitrogen and oxygen atoms in total. The van der Waals surface area contributed by atoms with Crippen LogP contribution in [0.5, 0.6) is 0 Å². The van der Waals surface area contributed by atoms with Crippen molar-refractivity contribution in [3.05, 3.63) is 52.2 Å². The van der Waals surface area contributed by atoms with Crippen molar-refractivity contribution >= 4 is 52.1 Å². The van der Waals surface area contributed by atoms with Crippen LogP contribution >= 0.6 is 34.9 Å². The van der Waals surface area contributed by atoms with Crippen molar-refractivity contribution in [3.63, 3.8) is 0 Å². The molecule has 1 aliphatic heterocycles. The maximum Gasteiger partial charge on any atom is 0.288 e. The van der Waals surface area contributed by atoms with Gasteiger partial charge in [-0.3, -0.25) is 4.79 Å². The van der Waals surface area contributed by atoms with Crippen molar-refractivity contribution in [2.45, 2.75) is 22.3 Å². The molecule has 1 atom stereocenters. The number of amidine groups is 1. The van der Waals surface area contributed by atoms with Crippen LogP contribution in [0, 0.1) is 0 Å². The van der Waals surface area contributed by atoms with E-state index in [2.05, 4.69) is 15.5 Å². The summed E-state index contributed by atoms with van der Waals surface area (Å²) in [6, 6.07) is 10.7. The highest BCUT2D eigenvalue weighted by Gasteiger charge is 2.30. The van der Waals surface area contributed by atoms with Gasteiger partial charge in [-0.1, -0.05) is 41.7 Å². The van der Waals surface area contributed by atoms with Crippen molar-refractivity contribution in [3.8, 4) is 0 Å². The van der Waals surface area contributed by atoms with Gasteiger partial charge < -0.3 is 5.32 Å². The molecule has 2 heterocycles. The van der Waals surface area contributed by atoms with Gasteiger partial charge in [0.1, 0.15) is 0 Å². The van der Waals surface area contributed by atoms with Crippen LogP contribution in [0.4, 0.5) is 8.78 Å². The molecule has 0 aliphatic carbocycles. The van der Waals surface area contributed by atoms with E-state index in [1.807, 2.05) is 17.5 Å². The van der Waals surface area contributed by atoms with E-state index in [-0.39, 0.29) is 11.2 Å². The lowest BCUT2D eigenvalue weighted by atomic mass is 10.1. The smallest absolute Gasteiger partial charge is 0.288 e. The molecule has 0 spiro atoms. The molecule has 1 N–H and O–H groups in total. The molecule has 1 aromatic heterocycles. The maximum atomic E-state index is 12.3. The number of nitrogens with one attached hydrogen (secondary N) is 1. The minimum absolute atomic E-state index is 0.124. The number of rotatable bonds is 6. The molecule has 0 bridgehead atoms. The molecule has 2 aromatic rings. The fourth-order valence-electron chi connectivity index (χ4n) is 2.11. The van der Waals surface area contributed by atoms with Gasteiger partial charge in [0.05, 0.1) is 11.5 Å². The number of carbonyl (C=O) groups excluding carboxylic acids is 1. The molecule has 1 amide bonds. The predicted molar refractivity (Wildman–Crippen MR) is 101 cm³/mol. The zero-order valence-electron chi connectivity index (χ0n) is 12.8. The summed E-state index contributed by atoms with van der Waals surface area (Å²) < 4.78 is 24.6. The largest absolute Gasteiger partial charge is 0.303 e. The summed E-state index contributed by atoms with van der Waals surface area (Å²) in [6.07, 6.45) is 2.14. The second-order valence-electron chi connectivity index (χ2n) is 4.99. The molecule has 0 saturated carbocycles. The Balaban J connectivity index is 1.57. The van der Waals surface area contributed by atoms with Crippen LogP contribution < -0.4 is 5.32 Å². The summed E-state index contributed by atoms with van der Waals surface area (Å²) in [6.45, 7) is 0. The lowest BCUT2D eigenvalue weighted by Gasteiger charge is -2.06. The monoisotopic (exact) mass is 397 g/mol. The average molecular weight is 397 g/mol. The number of nitrogens with zero attached hydrogens (tertiary/aromatic N) is 2. The van der Waals surface area contributed by atoms with Crippen LogP contribution in [0.1, 0.15) is 10.4 Å². The van der Waals surface area contributed by atoms with Gasteiger partial charge in [-0.25, -0.2) is 0 Å². The standard InChI is InChI=1S/C16H13F2N3OS3/c17-15(18)24-11-5-3-10(4-6-11)8-13-14(22)20-16(25-13)21-19-9-12-2-1-7-23-12/h1-7,9,13,15H,8H2,(H,20,21,22)/b19-9-/t13-/m0/s1. The maximum absolute atomic E-state index is 12.3. The summed E-state index contributed by atoms with van der Waals surface area (Å²) in [5, 5.41) is 12.8. The molecular formula is C16H13F2N3OS3. The molecule has 0 radical (unpaired) electrons. The third-order valence-corrected chi connectivity index (χ3v) is 5.82. The van der Waals surface area contributed by atoms with Crippen LogP contribution in [-0.4, -0.2) is 28.3 Å². The first-order valence-corrected chi connectivity index (χ1v) is 9.90. The number of alkyl halides is 2. The Hall–Kier alpha value is -1.71. The molecule has 9 heteroatoms. The van der Waals surface area contributed by atoms with E-state index < -0.39 is 5.76 Å². The lowest BCUT2D eigenvalue weighted by Crippen LogP contribution is -2.25. The van der Waals surface area contributed by atoms with Gasteiger partial charge in [0, 0.05) is 9.77 Å². The average Bonchev–Trinajstić information content (AvgIpc) is 3.19. The van der Waals surface area contributed by atoms with Gasteiger partial charge in [-0.15, -0.1) is 16.4 Å². The van der Waals surface area contributed by atoms with Crippen molar-refractivity contribution in [1.29, 1.82) is 0 Å². The predicted octanol–water partition coefficient (Wildman–Crippen LogP) is 4.23. The highest BCUT2D eigenvalue weighted by atomic mass is 32.2. The minimum Gasteiger partial charge on any atom is -0.303 e. The quantitative estimate of drug-likeness (QED) is 0.451. The van der Waals surface area contributed by atoms with Gasteiger partial charge in [0.15, 0.2) is 5.17 Å². The second kappa shape index (κ2) is 8.59. The van der Waals surface area contributed by atoms with Crippen LogP contribution in [0.2, 0.25) is 0 Å². The first kappa shape index (κ1) is 18.1. The Morgan fingerprint density at radius 2 is 2.08 bits per heavy atom. The van der Waals surface area contributed by atoms with Gasteiger partial charge in [-0.2, -0.15) is 13.9 Å². The molecule has 0 unspecified atom stereocenters. The number of hydrogen-bond donors (Lipinski definition) is 1. The summed E-state index contributed by atoms with van der Waals surface area (Å²) in [5.41, 5.74) is 0.912. The Bertz CT molecular complexity index is 776. The molecule has 3 rings (SSSR count). The van der Waals surface area contributed by atoms with E-state index in [1.54, 1.807) is 41.8 Å². The summed E-state index contributed by atoms with van der Waals surface area (Å²) in [4.78, 5) is 13.5. The fraction of sp³-hybridized carbons (Fsp3) is 0.188. The zero-order chi connectivity index (χ0) is 17.6. The number of thioether (sulfide) groups is 2. The zero-order valence-corrected chi connectivity index (χ0v) is 15.2. The van der Waals surface area contributed by atoms with E-state index >= 15 is 0 Å². The normalized spacial score (nSPS) is 19.2. The second-order valence-corrected chi connectivity index (χ2v) is 8.22. The van der Waals surface area contributed by atoms with Gasteiger partial charge in [0.2, 0.25) is 5.91 Å². The van der Waals surface area contributed by atoms with Crippen LogP contribution in [0.3, 0.4) is 0 Å². The SMILES string of the molecule is O=C1N/C(=N\N=C/c2cccs2)S[C@H]1Cc1ccc(SC(F)F)cc1. The number of carbonyl (C=O) groups is 1. The minimum atomic E-state index is -2.43. The van der Waals surface area contributed by atoms with Crippen LogP contribution in [0.15, 0.2) is 56.9 Å². The van der Waals surface area contributed by atoms with Crippen molar-refractivity contribution in [1.82, 2.24) is 5.32 Å². The lowest BCUT2D eigenvalue weighted by molar-refractivity contribution is -0.118. The fourth-order valence-corrected chi connectivity index (χ4v) is 4.15.